The molecule has 0 aliphatic carbocycles. The maximum Gasteiger partial charge on any atom is 0.335 e. The number of hydrogen-bond donors (Lipinski definition) is 0. The van der Waals surface area contributed by atoms with Gasteiger partial charge in [-0.3, -0.25) is 19.3 Å². The van der Waals surface area contributed by atoms with Gasteiger partial charge < -0.3 is 24.0 Å². The highest BCUT2D eigenvalue weighted by molar-refractivity contribution is 5.36. The fourth-order valence-electron chi connectivity index (χ4n) is 0.460. The molecule has 0 saturated heterocycles. The summed E-state index contributed by atoms with van der Waals surface area (Å²) < 4.78 is 7.72. The Labute approximate surface area is 286 Å². The van der Waals surface area contributed by atoms with E-state index in [1.165, 1.54) is 14.2 Å². The Morgan fingerprint density at radius 2 is 0.957 bits per heavy atom. The normalized spacial score (nSPS) is 8.41. The van der Waals surface area contributed by atoms with Crippen molar-refractivity contribution in [2.45, 2.75) is 148 Å². The van der Waals surface area contributed by atoms with Crippen LogP contribution in [0.1, 0.15) is 120 Å². The van der Waals surface area contributed by atoms with Crippen molar-refractivity contribution in [2.24, 2.45) is 10.2 Å². The number of azo groups is 1. The smallest absolute Gasteiger partial charge is 0.335 e. The van der Waals surface area contributed by atoms with E-state index in [9.17, 15) is 0 Å². The predicted octanol–water partition coefficient (Wildman–Crippen LogP) is 11.1. The predicted molar refractivity (Wildman–Crippen MR) is 195 cm³/mol. The van der Waals surface area contributed by atoms with Crippen LogP contribution in [0.25, 0.3) is 24.2 Å². The van der Waals surface area contributed by atoms with Crippen molar-refractivity contribution >= 4 is 12.9 Å². The molecular weight excluding hydrogens is 586 g/mol. The third-order valence-corrected chi connectivity index (χ3v) is 3.52. The van der Waals surface area contributed by atoms with Crippen molar-refractivity contribution in [3.05, 3.63) is 70.2 Å². The van der Waals surface area contributed by atoms with Gasteiger partial charge in [-0.2, -0.15) is 0 Å². The first-order chi connectivity index (χ1) is 19.4. The molecule has 0 bridgehead atoms. The van der Waals surface area contributed by atoms with Crippen LogP contribution < -0.4 is 0 Å². The van der Waals surface area contributed by atoms with E-state index in [1.54, 1.807) is 27.7 Å². The second-order valence-electron chi connectivity index (χ2n) is 8.96. The Morgan fingerprint density at radius 3 is 1.00 bits per heavy atom. The molecule has 0 heterocycles. The minimum Gasteiger partial charge on any atom is -0.471 e. The largest absolute Gasteiger partial charge is 0.471 e. The van der Waals surface area contributed by atoms with Gasteiger partial charge in [0.1, 0.15) is 0 Å². The van der Waals surface area contributed by atoms with E-state index in [-0.39, 0.29) is 48.8 Å². The van der Waals surface area contributed by atoms with Crippen LogP contribution >= 0.6 is 0 Å². The second kappa shape index (κ2) is 59.5. The Hall–Kier alpha value is -4.85. The molecule has 0 aliphatic heterocycles. The fourth-order valence-corrected chi connectivity index (χ4v) is 0.460. The van der Waals surface area contributed by atoms with Gasteiger partial charge >= 0.3 is 11.3 Å². The molecule has 0 spiro atoms. The van der Waals surface area contributed by atoms with Gasteiger partial charge in [0.25, 0.3) is 12.9 Å². The third-order valence-electron chi connectivity index (χ3n) is 3.52. The number of rotatable bonds is 6. The summed E-state index contributed by atoms with van der Waals surface area (Å²) in [5.74, 6) is 0. The molecular formula is C33H69N9O4. The van der Waals surface area contributed by atoms with Crippen molar-refractivity contribution in [1.82, 2.24) is 0 Å². The molecule has 0 aromatic rings. The molecule has 0 aliphatic rings. The van der Waals surface area contributed by atoms with E-state index in [1.807, 2.05) is 48.5 Å². The number of ether oxygens (including phenoxy) is 2. The molecule has 1 unspecified atom stereocenters. The summed E-state index contributed by atoms with van der Waals surface area (Å²) in [6.07, 6.45) is 1.92. The lowest BCUT2D eigenvalue weighted by Gasteiger charge is -2.05. The molecule has 0 amide bonds. The first-order valence-corrected chi connectivity index (χ1v) is 12.3. The molecule has 0 rings (SSSR count). The molecule has 1 atom stereocenters. The zero-order valence-corrected chi connectivity index (χ0v) is 27.8. The number of methoxy groups -OCH3 is 2. The van der Waals surface area contributed by atoms with E-state index in [0.29, 0.717) is 12.9 Å². The fraction of sp³-hybridized carbons (Fsp3) is 0.727. The topological polar surface area (TPSA) is 147 Å². The van der Waals surface area contributed by atoms with Gasteiger partial charge in [-0.15, -0.1) is 13.2 Å². The van der Waals surface area contributed by atoms with E-state index >= 15 is 0 Å². The van der Waals surface area contributed by atoms with Crippen molar-refractivity contribution in [1.29, 1.82) is 10.8 Å². The van der Waals surface area contributed by atoms with Crippen LogP contribution in [0, 0.1) is 43.6 Å². The van der Waals surface area contributed by atoms with Crippen LogP contribution in [-0.2, 0) is 19.1 Å². The molecule has 0 saturated carbocycles. The summed E-state index contributed by atoms with van der Waals surface area (Å²) in [5, 5.41) is 19.5. The quantitative estimate of drug-likeness (QED) is 0.0913. The van der Waals surface area contributed by atoms with Crippen LogP contribution in [0.2, 0.25) is 0 Å². The Kier molecular flexibility index (Phi) is 101. The first-order valence-electron chi connectivity index (χ1n) is 12.3. The lowest BCUT2D eigenvalue weighted by molar-refractivity contribution is -0.126. The van der Waals surface area contributed by atoms with Gasteiger partial charge in [-0.05, 0) is 0 Å². The van der Waals surface area contributed by atoms with E-state index in [4.69, 9.17) is 53.2 Å². The van der Waals surface area contributed by atoms with Crippen LogP contribution in [-0.4, -0.2) is 56.1 Å². The SMILES string of the molecule is C.C.C.C.C=C.COC=O.COC=O.N#N.[2HH].[C-]#[N+]C(C)(C)CC.[C-]#[N+]C(C)(C)N=NC(C)(C)[N+]#[C-].[C-]#[N+]C(C)C.[C-]#[N+]C(C)CC. The van der Waals surface area contributed by atoms with E-state index in [2.05, 4.69) is 57.1 Å². The summed E-state index contributed by atoms with van der Waals surface area (Å²) in [6.45, 7) is 59.8. The highest BCUT2D eigenvalue weighted by Crippen LogP contribution is 2.17. The Balaban J connectivity index is -0.0000000268. The lowest BCUT2D eigenvalue weighted by Crippen LogP contribution is -2.14. The minimum atomic E-state index is -0.845. The van der Waals surface area contributed by atoms with Crippen LogP contribution in [0.15, 0.2) is 23.4 Å². The van der Waals surface area contributed by atoms with E-state index in [0.717, 1.165) is 12.8 Å². The number of carbonyl (C=O) groups is 2. The summed E-state index contributed by atoms with van der Waals surface area (Å²) in [7, 11) is 2.62. The van der Waals surface area contributed by atoms with Crippen molar-refractivity contribution in [3.8, 4) is 0 Å². The molecule has 13 heteroatoms. The van der Waals surface area contributed by atoms with Gasteiger partial charge in [0.15, 0.2) is 0 Å². The highest BCUT2D eigenvalue weighted by atomic mass is 16.5. The zero-order chi connectivity index (χ0) is 35.8. The van der Waals surface area contributed by atoms with Gasteiger partial charge in [-0.1, -0.05) is 53.8 Å². The Morgan fingerprint density at radius 1 is 0.717 bits per heavy atom. The van der Waals surface area contributed by atoms with Crippen molar-refractivity contribution in [2.75, 3.05) is 14.2 Å². The average molecular weight is 657 g/mol. The van der Waals surface area contributed by atoms with Gasteiger partial charge in [0.2, 0.25) is 17.6 Å². The Bertz CT molecular complexity index is 851. The standard InChI is InChI=1S/C8H12N4.C6H11N.C5H9N.C4H7N.2C2H4O2.C2H4.4CH4.N2.H2/c1-7(2,9-5)11-12-8(3,4)10-6;1-5-6(2,3)7-4;1-4-5(2)6-3;1-4(2)5-3;2*1-4-2-3;1-2;;;;;1-2;/h1-4H3;5H2,1-3H3;5H,4H2,1-2H3;4H,1-2H3;2*2H,1H3;1-2H2;4*1H4;;1H/i;;;;;;;;;;;;1+1. The molecule has 0 aromatic carbocycles. The number of nitrogens with zero attached hydrogens (tertiary/aromatic N) is 9. The molecule has 0 aromatic heterocycles. The average Bonchev–Trinajstić information content (AvgIpc) is 3.02. The third kappa shape index (κ3) is 116. The second-order valence-corrected chi connectivity index (χ2v) is 8.96. The monoisotopic (exact) mass is 657 g/mol. The number of carbonyl (C=O) groups excluding carboxylic acids is 2. The van der Waals surface area contributed by atoms with E-state index < -0.39 is 11.3 Å². The van der Waals surface area contributed by atoms with Crippen LogP contribution in [0.5, 0.6) is 0 Å². The summed E-state index contributed by atoms with van der Waals surface area (Å²) in [5.41, 5.74) is -1.82. The van der Waals surface area contributed by atoms with Gasteiger partial charge in [-0.25, -0.2) is 32.9 Å². The maximum atomic E-state index is 8.95. The first kappa shape index (κ1) is 78.1. The highest BCUT2D eigenvalue weighted by Gasteiger charge is 2.26. The lowest BCUT2D eigenvalue weighted by atomic mass is 10.0. The molecule has 0 radical (unpaired) electrons. The molecule has 46 heavy (non-hydrogen) atoms. The van der Waals surface area contributed by atoms with Gasteiger partial charge in [0, 0.05) is 87.4 Å². The maximum absolute atomic E-state index is 8.95. The molecule has 270 valence electrons. The van der Waals surface area contributed by atoms with Crippen LogP contribution in [0.3, 0.4) is 0 Å². The van der Waals surface area contributed by atoms with Crippen LogP contribution in [0.4, 0.5) is 0 Å². The molecule has 13 nitrogen and oxygen atoms in total. The zero-order valence-electron chi connectivity index (χ0n) is 27.8. The summed E-state index contributed by atoms with van der Waals surface area (Å²) in [6, 6.07) is 0.403. The van der Waals surface area contributed by atoms with Gasteiger partial charge in [0.05, 0.1) is 14.2 Å². The van der Waals surface area contributed by atoms with Crippen molar-refractivity contribution in [3.63, 3.8) is 0 Å². The molecule has 0 fully saturated rings. The summed E-state index contributed by atoms with van der Waals surface area (Å²) >= 11 is 0. The molecule has 0 N–H and O–H groups in total. The minimum absolute atomic E-state index is 0. The van der Waals surface area contributed by atoms with Crippen molar-refractivity contribution < 1.29 is 20.5 Å². The summed E-state index contributed by atoms with van der Waals surface area (Å²) in [4.78, 5) is 34.2. The number of hydrogen-bond acceptors (Lipinski definition) is 8.